The molecule has 1 heterocycles. The quantitative estimate of drug-likeness (QED) is 0.785. The summed E-state index contributed by atoms with van der Waals surface area (Å²) in [6, 6.07) is 16.3. The summed E-state index contributed by atoms with van der Waals surface area (Å²) >= 11 is 0. The minimum absolute atomic E-state index is 0.0147. The predicted octanol–water partition coefficient (Wildman–Crippen LogP) is 4.26. The minimum Gasteiger partial charge on any atom is -0.383 e. The van der Waals surface area contributed by atoms with Crippen molar-refractivity contribution in [2.24, 2.45) is 0 Å². The van der Waals surface area contributed by atoms with Gasteiger partial charge in [0.15, 0.2) is 0 Å². The number of anilines is 3. The molecule has 0 aliphatic carbocycles. The van der Waals surface area contributed by atoms with Gasteiger partial charge in [-0.1, -0.05) is 51.1 Å². The van der Waals surface area contributed by atoms with Gasteiger partial charge >= 0.3 is 0 Å². The van der Waals surface area contributed by atoms with Crippen molar-refractivity contribution >= 4 is 23.0 Å². The fraction of sp³-hybridized carbons (Fsp3) is 0.435. The Kier molecular flexibility index (Phi) is 6.57. The summed E-state index contributed by atoms with van der Waals surface area (Å²) < 4.78 is 5.45. The van der Waals surface area contributed by atoms with Gasteiger partial charge in [0, 0.05) is 31.7 Å². The molecule has 1 fully saturated rings. The van der Waals surface area contributed by atoms with Gasteiger partial charge in [0.2, 0.25) is 5.91 Å². The second kappa shape index (κ2) is 9.11. The first-order chi connectivity index (χ1) is 13.4. The van der Waals surface area contributed by atoms with Crippen molar-refractivity contribution in [1.29, 1.82) is 0 Å². The number of ether oxygens (including phenoxy) is 1. The molecule has 150 valence electrons. The van der Waals surface area contributed by atoms with Crippen molar-refractivity contribution in [3.8, 4) is 0 Å². The maximum absolute atomic E-state index is 12.5. The number of benzene rings is 2. The van der Waals surface area contributed by atoms with E-state index in [0.717, 1.165) is 43.2 Å². The highest BCUT2D eigenvalue weighted by Crippen LogP contribution is 2.29. The van der Waals surface area contributed by atoms with Crippen LogP contribution in [0.5, 0.6) is 0 Å². The van der Waals surface area contributed by atoms with Gasteiger partial charge in [-0.05, 0) is 29.2 Å². The van der Waals surface area contributed by atoms with E-state index in [9.17, 15) is 4.79 Å². The van der Waals surface area contributed by atoms with Crippen LogP contribution in [0.25, 0.3) is 0 Å². The number of carbonyl (C=O) groups excluding carboxylic acids is 1. The number of nitrogens with one attached hydrogen (secondary N) is 2. The second-order valence-corrected chi connectivity index (χ2v) is 8.14. The number of carbonyl (C=O) groups is 1. The number of amides is 1. The average Bonchev–Trinajstić information content (AvgIpc) is 2.69. The van der Waals surface area contributed by atoms with E-state index >= 15 is 0 Å². The molecule has 0 aromatic heterocycles. The molecule has 0 saturated carbocycles. The van der Waals surface area contributed by atoms with Gasteiger partial charge in [-0.25, -0.2) is 0 Å². The van der Waals surface area contributed by atoms with E-state index in [-0.39, 0.29) is 11.3 Å². The molecule has 0 radical (unpaired) electrons. The van der Waals surface area contributed by atoms with E-state index in [1.54, 1.807) is 0 Å². The summed E-state index contributed by atoms with van der Waals surface area (Å²) in [5.74, 6) is 0.0213. The Bertz CT molecular complexity index is 792. The Labute approximate surface area is 168 Å². The highest BCUT2D eigenvalue weighted by Gasteiger charge is 2.18. The van der Waals surface area contributed by atoms with Crippen LogP contribution >= 0.6 is 0 Å². The van der Waals surface area contributed by atoms with Crippen LogP contribution in [0.2, 0.25) is 0 Å². The first-order valence-corrected chi connectivity index (χ1v) is 10.00. The molecule has 5 heteroatoms. The van der Waals surface area contributed by atoms with Gasteiger partial charge in [0.05, 0.1) is 24.6 Å². The van der Waals surface area contributed by atoms with Crippen LogP contribution in [0.1, 0.15) is 32.8 Å². The SMILES string of the molecule is CC(C)(C)c1ccccc1NC(=O)CCNc1ccccc1N1CCOCC1. The number of rotatable bonds is 6. The lowest BCUT2D eigenvalue weighted by Gasteiger charge is -2.30. The minimum atomic E-state index is -0.0147. The molecule has 28 heavy (non-hydrogen) atoms. The zero-order valence-electron chi connectivity index (χ0n) is 17.1. The van der Waals surface area contributed by atoms with Crippen molar-refractivity contribution in [3.05, 3.63) is 54.1 Å². The summed E-state index contributed by atoms with van der Waals surface area (Å²) in [7, 11) is 0. The molecular weight excluding hydrogens is 350 g/mol. The highest BCUT2D eigenvalue weighted by atomic mass is 16.5. The molecule has 0 spiro atoms. The number of nitrogens with zero attached hydrogens (tertiary/aromatic N) is 1. The summed E-state index contributed by atoms with van der Waals surface area (Å²) in [4.78, 5) is 14.8. The number of hydrogen-bond donors (Lipinski definition) is 2. The molecule has 3 rings (SSSR count). The van der Waals surface area contributed by atoms with E-state index in [2.05, 4.69) is 54.5 Å². The molecule has 5 nitrogen and oxygen atoms in total. The van der Waals surface area contributed by atoms with E-state index < -0.39 is 0 Å². The Morgan fingerprint density at radius 2 is 1.64 bits per heavy atom. The Morgan fingerprint density at radius 1 is 1.00 bits per heavy atom. The third-order valence-corrected chi connectivity index (χ3v) is 4.93. The van der Waals surface area contributed by atoms with Crippen LogP contribution in [0.3, 0.4) is 0 Å². The average molecular weight is 382 g/mol. The van der Waals surface area contributed by atoms with Crippen LogP contribution in [-0.2, 0) is 14.9 Å². The van der Waals surface area contributed by atoms with Gasteiger partial charge in [-0.3, -0.25) is 4.79 Å². The van der Waals surface area contributed by atoms with E-state index in [0.29, 0.717) is 13.0 Å². The molecule has 0 atom stereocenters. The second-order valence-electron chi connectivity index (χ2n) is 8.14. The third kappa shape index (κ3) is 5.26. The van der Waals surface area contributed by atoms with Crippen LogP contribution in [-0.4, -0.2) is 38.8 Å². The third-order valence-electron chi connectivity index (χ3n) is 4.93. The Hall–Kier alpha value is -2.53. The van der Waals surface area contributed by atoms with Gasteiger partial charge in [-0.2, -0.15) is 0 Å². The lowest BCUT2D eigenvalue weighted by Crippen LogP contribution is -2.36. The molecule has 0 bridgehead atoms. The fourth-order valence-electron chi connectivity index (χ4n) is 3.47. The van der Waals surface area contributed by atoms with Crippen molar-refractivity contribution in [3.63, 3.8) is 0 Å². The summed E-state index contributed by atoms with van der Waals surface area (Å²) in [6.45, 7) is 10.3. The van der Waals surface area contributed by atoms with Gasteiger partial charge in [0.25, 0.3) is 0 Å². The molecule has 1 amide bonds. The zero-order valence-corrected chi connectivity index (χ0v) is 17.1. The molecule has 1 aliphatic rings. The number of morpholine rings is 1. The molecule has 1 saturated heterocycles. The van der Waals surface area contributed by atoms with Crippen molar-refractivity contribution < 1.29 is 9.53 Å². The molecule has 1 aliphatic heterocycles. The zero-order chi connectivity index (χ0) is 20.0. The fourth-order valence-corrected chi connectivity index (χ4v) is 3.47. The Morgan fingerprint density at radius 3 is 2.36 bits per heavy atom. The van der Waals surface area contributed by atoms with Crippen LogP contribution in [0.4, 0.5) is 17.1 Å². The van der Waals surface area contributed by atoms with Crippen LogP contribution in [0, 0.1) is 0 Å². The van der Waals surface area contributed by atoms with E-state index in [1.807, 2.05) is 30.3 Å². The topological polar surface area (TPSA) is 53.6 Å². The number of hydrogen-bond acceptors (Lipinski definition) is 4. The molecule has 2 aromatic carbocycles. The Balaban J connectivity index is 1.57. The molecular formula is C23H31N3O2. The first-order valence-electron chi connectivity index (χ1n) is 10.00. The standard InChI is InChI=1S/C23H31N3O2/c1-23(2,3)18-8-4-5-9-19(18)25-22(27)12-13-24-20-10-6-7-11-21(20)26-14-16-28-17-15-26/h4-11,24H,12-17H2,1-3H3,(H,25,27). The highest BCUT2D eigenvalue weighted by molar-refractivity contribution is 5.92. The molecule has 2 N–H and O–H groups in total. The molecule has 2 aromatic rings. The van der Waals surface area contributed by atoms with Crippen LogP contribution < -0.4 is 15.5 Å². The monoisotopic (exact) mass is 381 g/mol. The van der Waals surface area contributed by atoms with Gasteiger partial charge in [0.1, 0.15) is 0 Å². The maximum Gasteiger partial charge on any atom is 0.226 e. The lowest BCUT2D eigenvalue weighted by atomic mass is 9.86. The molecule has 0 unspecified atom stereocenters. The normalized spacial score (nSPS) is 14.6. The smallest absolute Gasteiger partial charge is 0.226 e. The van der Waals surface area contributed by atoms with Gasteiger partial charge in [-0.15, -0.1) is 0 Å². The predicted molar refractivity (Wildman–Crippen MR) is 116 cm³/mol. The lowest BCUT2D eigenvalue weighted by molar-refractivity contribution is -0.115. The van der Waals surface area contributed by atoms with Crippen LogP contribution in [0.15, 0.2) is 48.5 Å². The summed E-state index contributed by atoms with van der Waals surface area (Å²) in [5.41, 5.74) is 4.26. The first kappa shape index (κ1) is 20.2. The van der Waals surface area contributed by atoms with E-state index in [1.165, 1.54) is 5.69 Å². The number of para-hydroxylation sites is 3. The van der Waals surface area contributed by atoms with Crippen molar-refractivity contribution in [1.82, 2.24) is 0 Å². The maximum atomic E-state index is 12.5. The summed E-state index contributed by atoms with van der Waals surface area (Å²) in [5, 5.41) is 6.50. The largest absolute Gasteiger partial charge is 0.383 e. The van der Waals surface area contributed by atoms with Crippen molar-refractivity contribution in [2.75, 3.05) is 48.4 Å². The summed E-state index contributed by atoms with van der Waals surface area (Å²) in [6.07, 6.45) is 0.413. The van der Waals surface area contributed by atoms with Gasteiger partial charge < -0.3 is 20.3 Å². The van der Waals surface area contributed by atoms with Crippen molar-refractivity contribution in [2.45, 2.75) is 32.6 Å². The van der Waals surface area contributed by atoms with E-state index in [4.69, 9.17) is 4.74 Å².